The summed E-state index contributed by atoms with van der Waals surface area (Å²) < 4.78 is 31.3. The number of hydrogen-bond acceptors (Lipinski definition) is 5. The number of rotatable bonds is 6. The molecule has 110 valence electrons. The Morgan fingerprint density at radius 3 is 2.65 bits per heavy atom. The van der Waals surface area contributed by atoms with Crippen LogP contribution in [0.25, 0.3) is 0 Å². The Hall–Kier alpha value is -2.13. The van der Waals surface area contributed by atoms with Gasteiger partial charge in [-0.25, -0.2) is 4.39 Å². The van der Waals surface area contributed by atoms with Gasteiger partial charge in [-0.3, -0.25) is 14.9 Å². The minimum Gasteiger partial charge on any atom is -0.394 e. The predicted octanol–water partition coefficient (Wildman–Crippen LogP) is 0.610. The van der Waals surface area contributed by atoms with E-state index in [1.54, 1.807) is 0 Å². The molecule has 1 unspecified atom stereocenters. The molecular formula is C11H12F2N2O5. The molecule has 2 N–H and O–H groups in total. The number of hydrogen-bond donors (Lipinski definition) is 2. The first-order valence-corrected chi connectivity index (χ1v) is 5.44. The average Bonchev–Trinajstić information content (AvgIpc) is 2.37. The average molecular weight is 290 g/mol. The van der Waals surface area contributed by atoms with E-state index in [0.29, 0.717) is 6.07 Å². The normalized spacial score (nSPS) is 12.0. The topological polar surface area (TPSA) is 102 Å². The molecule has 9 heteroatoms. The smallest absolute Gasteiger partial charge is 0.305 e. The van der Waals surface area contributed by atoms with Gasteiger partial charge in [0.2, 0.25) is 5.82 Å². The van der Waals surface area contributed by atoms with Gasteiger partial charge < -0.3 is 15.2 Å². The zero-order valence-electron chi connectivity index (χ0n) is 10.4. The molecule has 0 saturated heterocycles. The van der Waals surface area contributed by atoms with Crippen LogP contribution in [-0.4, -0.2) is 42.3 Å². The molecule has 7 nitrogen and oxygen atoms in total. The molecule has 0 aliphatic heterocycles. The van der Waals surface area contributed by atoms with Gasteiger partial charge >= 0.3 is 5.69 Å². The summed E-state index contributed by atoms with van der Waals surface area (Å²) >= 11 is 0. The Morgan fingerprint density at radius 1 is 1.50 bits per heavy atom. The third-order valence-electron chi connectivity index (χ3n) is 2.40. The van der Waals surface area contributed by atoms with Crippen LogP contribution in [0.3, 0.4) is 0 Å². The first-order chi connectivity index (χ1) is 9.40. The summed E-state index contributed by atoms with van der Waals surface area (Å²) in [6.45, 7) is -0.502. The first-order valence-electron chi connectivity index (χ1n) is 5.44. The first kappa shape index (κ1) is 15.9. The molecule has 0 saturated carbocycles. The molecule has 20 heavy (non-hydrogen) atoms. The van der Waals surface area contributed by atoms with E-state index >= 15 is 0 Å². The number of carbonyl (C=O) groups excluding carboxylic acids is 1. The third kappa shape index (κ3) is 3.68. The second-order valence-corrected chi connectivity index (χ2v) is 3.85. The summed E-state index contributed by atoms with van der Waals surface area (Å²) in [5, 5.41) is 21.7. The van der Waals surface area contributed by atoms with Crippen molar-refractivity contribution in [2.24, 2.45) is 0 Å². The fourth-order valence-corrected chi connectivity index (χ4v) is 1.46. The monoisotopic (exact) mass is 290 g/mol. The van der Waals surface area contributed by atoms with Crippen LogP contribution >= 0.6 is 0 Å². The molecule has 1 aromatic carbocycles. The quantitative estimate of drug-likeness (QED) is 0.590. The van der Waals surface area contributed by atoms with Crippen molar-refractivity contribution in [1.82, 2.24) is 5.32 Å². The number of amides is 1. The standard InChI is InChI=1S/C11H12F2N2O5/c1-20-5-6(4-16)14-11(17)7-2-10(15(18)19)9(13)3-8(7)12/h2-3,6,16H,4-5H2,1H3,(H,14,17). The van der Waals surface area contributed by atoms with Crippen molar-refractivity contribution >= 4 is 11.6 Å². The molecular weight excluding hydrogens is 278 g/mol. The number of ether oxygens (including phenoxy) is 1. The van der Waals surface area contributed by atoms with Gasteiger partial charge in [0.1, 0.15) is 5.82 Å². The summed E-state index contributed by atoms with van der Waals surface area (Å²) in [5.74, 6) is -3.62. The summed E-state index contributed by atoms with van der Waals surface area (Å²) in [4.78, 5) is 21.2. The van der Waals surface area contributed by atoms with Gasteiger partial charge in [-0.15, -0.1) is 0 Å². The van der Waals surface area contributed by atoms with E-state index < -0.39 is 46.4 Å². The van der Waals surface area contributed by atoms with E-state index in [1.807, 2.05) is 0 Å². The van der Waals surface area contributed by atoms with Crippen molar-refractivity contribution in [3.05, 3.63) is 39.4 Å². The second-order valence-electron chi connectivity index (χ2n) is 3.85. The lowest BCUT2D eigenvalue weighted by Crippen LogP contribution is -2.41. The van der Waals surface area contributed by atoms with E-state index in [-0.39, 0.29) is 12.7 Å². The molecule has 0 fully saturated rings. The van der Waals surface area contributed by atoms with Crippen molar-refractivity contribution < 1.29 is 28.3 Å². The van der Waals surface area contributed by atoms with Crippen molar-refractivity contribution in [3.63, 3.8) is 0 Å². The number of methoxy groups -OCH3 is 1. The van der Waals surface area contributed by atoms with Crippen LogP contribution < -0.4 is 5.32 Å². The van der Waals surface area contributed by atoms with Gasteiger partial charge in [0.25, 0.3) is 5.91 Å². The highest BCUT2D eigenvalue weighted by Crippen LogP contribution is 2.21. The minimum atomic E-state index is -1.38. The SMILES string of the molecule is COCC(CO)NC(=O)c1cc([N+](=O)[O-])c(F)cc1F. The van der Waals surface area contributed by atoms with E-state index in [1.165, 1.54) is 7.11 Å². The third-order valence-corrected chi connectivity index (χ3v) is 2.40. The molecule has 1 aromatic rings. The Morgan fingerprint density at radius 2 is 2.15 bits per heavy atom. The van der Waals surface area contributed by atoms with E-state index in [4.69, 9.17) is 9.84 Å². The summed E-state index contributed by atoms with van der Waals surface area (Å²) in [6, 6.07) is -0.0468. The number of nitro benzene ring substituents is 1. The van der Waals surface area contributed by atoms with Gasteiger partial charge in [0, 0.05) is 19.2 Å². The largest absolute Gasteiger partial charge is 0.394 e. The van der Waals surface area contributed by atoms with E-state index in [2.05, 4.69) is 5.32 Å². The fraction of sp³-hybridized carbons (Fsp3) is 0.364. The molecule has 0 aliphatic rings. The summed E-state index contributed by atoms with van der Waals surface area (Å²) in [7, 11) is 1.33. The van der Waals surface area contributed by atoms with Crippen LogP contribution in [0.2, 0.25) is 0 Å². The Kier molecular flexibility index (Phi) is 5.47. The molecule has 1 amide bonds. The highest BCUT2D eigenvalue weighted by Gasteiger charge is 2.23. The van der Waals surface area contributed by atoms with Crippen molar-refractivity contribution in [3.8, 4) is 0 Å². The molecule has 0 radical (unpaired) electrons. The fourth-order valence-electron chi connectivity index (χ4n) is 1.46. The van der Waals surface area contributed by atoms with Crippen molar-refractivity contribution in [2.75, 3.05) is 20.3 Å². The predicted molar refractivity (Wildman–Crippen MR) is 63.2 cm³/mol. The second kappa shape index (κ2) is 6.87. The molecule has 1 rings (SSSR count). The number of nitrogens with zero attached hydrogens (tertiary/aromatic N) is 1. The summed E-state index contributed by atoms with van der Waals surface area (Å²) in [5.41, 5.74) is -1.70. The molecule has 0 aromatic heterocycles. The van der Waals surface area contributed by atoms with E-state index in [9.17, 15) is 23.7 Å². The maximum absolute atomic E-state index is 13.5. The number of nitrogens with one attached hydrogen (secondary N) is 1. The number of nitro groups is 1. The van der Waals surface area contributed by atoms with Crippen LogP contribution in [0.5, 0.6) is 0 Å². The Bertz CT molecular complexity index is 524. The lowest BCUT2D eigenvalue weighted by atomic mass is 10.1. The highest BCUT2D eigenvalue weighted by atomic mass is 19.1. The zero-order chi connectivity index (χ0) is 15.3. The number of aliphatic hydroxyl groups excluding tert-OH is 1. The van der Waals surface area contributed by atoms with Crippen LogP contribution in [0.15, 0.2) is 12.1 Å². The lowest BCUT2D eigenvalue weighted by molar-refractivity contribution is -0.387. The number of benzene rings is 1. The van der Waals surface area contributed by atoms with E-state index in [0.717, 1.165) is 0 Å². The van der Waals surface area contributed by atoms with Gasteiger partial charge in [-0.2, -0.15) is 4.39 Å². The lowest BCUT2D eigenvalue weighted by Gasteiger charge is -2.15. The summed E-state index contributed by atoms with van der Waals surface area (Å²) in [6.07, 6.45) is 0. The zero-order valence-corrected chi connectivity index (χ0v) is 10.4. The van der Waals surface area contributed by atoms with Crippen LogP contribution in [-0.2, 0) is 4.74 Å². The molecule has 1 atom stereocenters. The van der Waals surface area contributed by atoms with Crippen LogP contribution in [0, 0.1) is 21.7 Å². The van der Waals surface area contributed by atoms with Crippen LogP contribution in [0.4, 0.5) is 14.5 Å². The molecule has 0 aliphatic carbocycles. The van der Waals surface area contributed by atoms with Gasteiger partial charge in [0.15, 0.2) is 0 Å². The van der Waals surface area contributed by atoms with Gasteiger partial charge in [-0.1, -0.05) is 0 Å². The molecule has 0 spiro atoms. The highest BCUT2D eigenvalue weighted by molar-refractivity contribution is 5.95. The van der Waals surface area contributed by atoms with Crippen LogP contribution in [0.1, 0.15) is 10.4 Å². The van der Waals surface area contributed by atoms with Gasteiger partial charge in [0.05, 0.1) is 29.7 Å². The Balaban J connectivity index is 3.03. The maximum Gasteiger partial charge on any atom is 0.305 e. The van der Waals surface area contributed by atoms with Crippen molar-refractivity contribution in [1.29, 1.82) is 0 Å². The number of aliphatic hydroxyl groups is 1. The maximum atomic E-state index is 13.5. The number of halogens is 2. The molecule has 0 bridgehead atoms. The van der Waals surface area contributed by atoms with Gasteiger partial charge in [-0.05, 0) is 0 Å². The Labute approximate surface area is 112 Å². The number of carbonyl (C=O) groups is 1. The molecule has 0 heterocycles. The van der Waals surface area contributed by atoms with Crippen molar-refractivity contribution in [2.45, 2.75) is 6.04 Å². The minimum absolute atomic E-state index is 0.0346.